The average Bonchev–Trinajstić information content (AvgIpc) is 2.31. The molecule has 2 nitrogen and oxygen atoms in total. The first-order valence-corrected chi connectivity index (χ1v) is 6.64. The lowest BCUT2D eigenvalue weighted by Crippen LogP contribution is -2.43. The van der Waals surface area contributed by atoms with Gasteiger partial charge in [0.2, 0.25) is 0 Å². The van der Waals surface area contributed by atoms with Gasteiger partial charge in [-0.3, -0.25) is 5.32 Å². The van der Waals surface area contributed by atoms with E-state index in [1.807, 2.05) is 0 Å². The van der Waals surface area contributed by atoms with E-state index in [2.05, 4.69) is 31.0 Å². The third-order valence-corrected chi connectivity index (χ3v) is 3.83. The quantitative estimate of drug-likeness (QED) is 0.769. The summed E-state index contributed by atoms with van der Waals surface area (Å²) in [6, 6.07) is 0. The molecular formula is C14H24N2. The second-order valence-corrected chi connectivity index (χ2v) is 4.87. The van der Waals surface area contributed by atoms with Gasteiger partial charge in [0.05, 0.1) is 6.67 Å². The standard InChI is InChI=1S/C14H24N2/c1-4-12(5-2)13-7-6-8-16-10-15-9-11(3)14(13)16/h15H,4-10H2,1-3H3. The Hall–Kier alpha value is -0.760. The minimum absolute atomic E-state index is 1.04. The van der Waals surface area contributed by atoms with Crippen LogP contribution >= 0.6 is 0 Å². The Labute approximate surface area is 99.4 Å². The first-order valence-electron chi connectivity index (χ1n) is 6.64. The van der Waals surface area contributed by atoms with Crippen LogP contribution in [0.3, 0.4) is 0 Å². The van der Waals surface area contributed by atoms with Gasteiger partial charge in [-0.15, -0.1) is 0 Å². The van der Waals surface area contributed by atoms with Crippen LogP contribution in [-0.2, 0) is 0 Å². The molecule has 2 heteroatoms. The van der Waals surface area contributed by atoms with Gasteiger partial charge in [-0.25, -0.2) is 0 Å². The minimum atomic E-state index is 1.04. The van der Waals surface area contributed by atoms with Gasteiger partial charge in [0.15, 0.2) is 0 Å². The van der Waals surface area contributed by atoms with Crippen LogP contribution in [0.4, 0.5) is 0 Å². The van der Waals surface area contributed by atoms with Crippen molar-refractivity contribution in [1.29, 1.82) is 0 Å². The minimum Gasteiger partial charge on any atom is -0.359 e. The Morgan fingerprint density at radius 2 is 2.06 bits per heavy atom. The fourth-order valence-corrected chi connectivity index (χ4v) is 3.04. The largest absolute Gasteiger partial charge is 0.359 e. The second kappa shape index (κ2) is 5.05. The van der Waals surface area contributed by atoms with E-state index in [1.54, 1.807) is 16.8 Å². The maximum atomic E-state index is 3.47. The van der Waals surface area contributed by atoms with Crippen LogP contribution in [0.15, 0.2) is 22.4 Å². The molecule has 0 unspecified atom stereocenters. The summed E-state index contributed by atoms with van der Waals surface area (Å²) in [5.41, 5.74) is 6.43. The van der Waals surface area contributed by atoms with E-state index >= 15 is 0 Å². The zero-order valence-corrected chi connectivity index (χ0v) is 10.9. The normalized spacial score (nSPS) is 21.2. The van der Waals surface area contributed by atoms with Crippen LogP contribution < -0.4 is 5.32 Å². The van der Waals surface area contributed by atoms with Crippen LogP contribution in [0.2, 0.25) is 0 Å². The first kappa shape index (κ1) is 11.7. The zero-order chi connectivity index (χ0) is 11.5. The maximum absolute atomic E-state index is 3.47. The van der Waals surface area contributed by atoms with Crippen molar-refractivity contribution in [1.82, 2.24) is 10.2 Å². The third-order valence-electron chi connectivity index (χ3n) is 3.83. The summed E-state index contributed by atoms with van der Waals surface area (Å²) in [4.78, 5) is 2.53. The predicted octanol–water partition coefficient (Wildman–Crippen LogP) is 3.03. The molecule has 2 aliphatic heterocycles. The van der Waals surface area contributed by atoms with Crippen LogP contribution in [0.25, 0.3) is 0 Å². The van der Waals surface area contributed by atoms with Crippen molar-refractivity contribution in [3.8, 4) is 0 Å². The molecule has 0 aliphatic carbocycles. The number of rotatable bonds is 2. The molecular weight excluding hydrogens is 196 g/mol. The molecule has 0 saturated carbocycles. The molecule has 0 aromatic carbocycles. The van der Waals surface area contributed by atoms with Gasteiger partial charge in [-0.1, -0.05) is 19.4 Å². The number of allylic oxidation sites excluding steroid dienone is 2. The van der Waals surface area contributed by atoms with E-state index in [1.165, 1.54) is 37.8 Å². The van der Waals surface area contributed by atoms with Crippen LogP contribution in [0.1, 0.15) is 46.5 Å². The van der Waals surface area contributed by atoms with Crippen molar-refractivity contribution in [3.63, 3.8) is 0 Å². The molecule has 0 bridgehead atoms. The van der Waals surface area contributed by atoms with E-state index in [0.29, 0.717) is 0 Å². The number of hydrogen-bond donors (Lipinski definition) is 1. The summed E-state index contributed by atoms with van der Waals surface area (Å²) >= 11 is 0. The molecule has 90 valence electrons. The van der Waals surface area contributed by atoms with Gasteiger partial charge in [0, 0.05) is 18.8 Å². The van der Waals surface area contributed by atoms with Gasteiger partial charge in [-0.05, 0) is 43.8 Å². The lowest BCUT2D eigenvalue weighted by atomic mass is 9.90. The number of nitrogens with zero attached hydrogens (tertiary/aromatic N) is 1. The molecule has 0 amide bonds. The second-order valence-electron chi connectivity index (χ2n) is 4.87. The van der Waals surface area contributed by atoms with E-state index in [0.717, 1.165) is 13.2 Å². The monoisotopic (exact) mass is 220 g/mol. The molecule has 0 aromatic rings. The summed E-state index contributed by atoms with van der Waals surface area (Å²) in [5, 5.41) is 3.47. The molecule has 1 saturated heterocycles. The van der Waals surface area contributed by atoms with Crippen molar-refractivity contribution in [2.24, 2.45) is 0 Å². The summed E-state index contributed by atoms with van der Waals surface area (Å²) in [7, 11) is 0. The van der Waals surface area contributed by atoms with Gasteiger partial charge < -0.3 is 4.90 Å². The SMILES string of the molecule is CCC(CC)=C1CCCN2CNCC(C)=C12. The van der Waals surface area contributed by atoms with Crippen molar-refractivity contribution < 1.29 is 0 Å². The summed E-state index contributed by atoms with van der Waals surface area (Å²) in [6.07, 6.45) is 5.03. The number of hydrogen-bond acceptors (Lipinski definition) is 2. The fourth-order valence-electron chi connectivity index (χ4n) is 3.04. The Kier molecular flexibility index (Phi) is 3.70. The summed E-state index contributed by atoms with van der Waals surface area (Å²) < 4.78 is 0. The smallest absolute Gasteiger partial charge is 0.0684 e. The predicted molar refractivity (Wildman–Crippen MR) is 69.1 cm³/mol. The lowest BCUT2D eigenvalue weighted by Gasteiger charge is -2.39. The van der Waals surface area contributed by atoms with Crippen LogP contribution in [0.5, 0.6) is 0 Å². The fraction of sp³-hybridized carbons (Fsp3) is 0.714. The van der Waals surface area contributed by atoms with Crippen LogP contribution in [-0.4, -0.2) is 24.7 Å². The summed E-state index contributed by atoms with van der Waals surface area (Å²) in [5.74, 6) is 0. The Morgan fingerprint density at radius 1 is 1.31 bits per heavy atom. The maximum Gasteiger partial charge on any atom is 0.0684 e. The van der Waals surface area contributed by atoms with E-state index in [9.17, 15) is 0 Å². The molecule has 2 heterocycles. The van der Waals surface area contributed by atoms with Gasteiger partial charge in [-0.2, -0.15) is 0 Å². The Balaban J connectivity index is 2.41. The van der Waals surface area contributed by atoms with E-state index < -0.39 is 0 Å². The molecule has 0 aromatic heterocycles. The molecule has 1 fully saturated rings. The highest BCUT2D eigenvalue weighted by Gasteiger charge is 2.25. The molecule has 2 rings (SSSR count). The van der Waals surface area contributed by atoms with E-state index in [4.69, 9.17) is 0 Å². The van der Waals surface area contributed by atoms with Gasteiger partial charge in [0.25, 0.3) is 0 Å². The molecule has 0 atom stereocenters. The summed E-state index contributed by atoms with van der Waals surface area (Å²) in [6.45, 7) is 10.2. The number of nitrogens with one attached hydrogen (secondary N) is 1. The first-order chi connectivity index (χ1) is 7.77. The van der Waals surface area contributed by atoms with Crippen molar-refractivity contribution in [3.05, 3.63) is 22.4 Å². The number of piperidine rings is 1. The van der Waals surface area contributed by atoms with Crippen molar-refractivity contribution >= 4 is 0 Å². The van der Waals surface area contributed by atoms with Gasteiger partial charge in [0.1, 0.15) is 0 Å². The lowest BCUT2D eigenvalue weighted by molar-refractivity contribution is 0.278. The van der Waals surface area contributed by atoms with Crippen molar-refractivity contribution in [2.75, 3.05) is 19.8 Å². The Morgan fingerprint density at radius 3 is 2.75 bits per heavy atom. The van der Waals surface area contributed by atoms with Crippen molar-refractivity contribution in [2.45, 2.75) is 46.5 Å². The number of fused-ring (bicyclic) bond motifs is 1. The highest BCUT2D eigenvalue weighted by atomic mass is 15.3. The third kappa shape index (κ3) is 2.03. The van der Waals surface area contributed by atoms with Gasteiger partial charge >= 0.3 is 0 Å². The van der Waals surface area contributed by atoms with E-state index in [-0.39, 0.29) is 0 Å². The average molecular weight is 220 g/mol. The van der Waals surface area contributed by atoms with Crippen LogP contribution in [0, 0.1) is 0 Å². The molecule has 2 aliphatic rings. The highest BCUT2D eigenvalue weighted by molar-refractivity contribution is 5.40. The Bertz CT molecular complexity index is 320. The topological polar surface area (TPSA) is 15.3 Å². The molecule has 0 radical (unpaired) electrons. The molecule has 0 spiro atoms. The molecule has 1 N–H and O–H groups in total. The highest BCUT2D eigenvalue weighted by Crippen LogP contribution is 2.34. The molecule has 16 heavy (non-hydrogen) atoms. The zero-order valence-electron chi connectivity index (χ0n) is 10.9.